The molecule has 0 aromatic carbocycles. The normalized spacial score (nSPS) is 10.6. The van der Waals surface area contributed by atoms with Crippen LogP contribution in [0.15, 0.2) is 29.2 Å². The molecule has 5 nitrogen and oxygen atoms in total. The lowest BCUT2D eigenvalue weighted by atomic mass is 10.4. The molecule has 1 N–H and O–H groups in total. The summed E-state index contributed by atoms with van der Waals surface area (Å²) in [6.45, 7) is 1.94. The Bertz CT molecular complexity index is 420. The summed E-state index contributed by atoms with van der Waals surface area (Å²) < 4.78 is 1.33. The van der Waals surface area contributed by atoms with Gasteiger partial charge in [-0.2, -0.15) is 4.98 Å². The van der Waals surface area contributed by atoms with Crippen LogP contribution < -0.4 is 5.69 Å². The van der Waals surface area contributed by atoms with Gasteiger partial charge in [-0.1, -0.05) is 6.08 Å². The number of carbonyl (C=O) groups is 1. The van der Waals surface area contributed by atoms with Crippen LogP contribution >= 0.6 is 0 Å². The smallest absolute Gasteiger partial charge is 0.348 e. The van der Waals surface area contributed by atoms with E-state index in [2.05, 4.69) is 4.98 Å². The maximum Gasteiger partial charge on any atom is 0.348 e. The average molecular weight is 194 g/mol. The molecule has 1 heterocycles. The van der Waals surface area contributed by atoms with Crippen molar-refractivity contribution in [1.29, 1.82) is 0 Å². The fourth-order valence-electron chi connectivity index (χ4n) is 0.920. The summed E-state index contributed by atoms with van der Waals surface area (Å²) in [6.07, 6.45) is 3.96. The fourth-order valence-corrected chi connectivity index (χ4v) is 0.920. The summed E-state index contributed by atoms with van der Waals surface area (Å²) in [5.41, 5.74) is 0.272. The molecule has 0 amide bonds. The van der Waals surface area contributed by atoms with Gasteiger partial charge >= 0.3 is 11.7 Å². The SMILES string of the molecule is Cc1ccn(C/C=C/C(=O)O)c(=O)n1. The van der Waals surface area contributed by atoms with Gasteiger partial charge in [-0.3, -0.25) is 4.57 Å². The van der Waals surface area contributed by atoms with E-state index in [1.165, 1.54) is 10.6 Å². The van der Waals surface area contributed by atoms with E-state index >= 15 is 0 Å². The topological polar surface area (TPSA) is 72.2 Å². The number of rotatable bonds is 3. The van der Waals surface area contributed by atoms with Crippen LogP contribution in [0.1, 0.15) is 5.69 Å². The molecule has 0 atom stereocenters. The minimum absolute atomic E-state index is 0.221. The predicted octanol–water partition coefficient (Wildman–Crippen LogP) is 0.193. The molecular formula is C9H10N2O3. The monoisotopic (exact) mass is 194 g/mol. The van der Waals surface area contributed by atoms with Gasteiger partial charge in [0.2, 0.25) is 0 Å². The Labute approximate surface area is 80.3 Å². The van der Waals surface area contributed by atoms with Gasteiger partial charge in [0.1, 0.15) is 0 Å². The lowest BCUT2D eigenvalue weighted by Crippen LogP contribution is -2.22. The van der Waals surface area contributed by atoms with E-state index in [4.69, 9.17) is 5.11 Å². The van der Waals surface area contributed by atoms with Gasteiger partial charge in [0.25, 0.3) is 0 Å². The first-order chi connectivity index (χ1) is 6.59. The van der Waals surface area contributed by atoms with Crippen LogP contribution in [-0.2, 0) is 11.3 Å². The van der Waals surface area contributed by atoms with Gasteiger partial charge in [0.05, 0.1) is 0 Å². The van der Waals surface area contributed by atoms with Gasteiger partial charge in [-0.05, 0) is 13.0 Å². The molecule has 74 valence electrons. The maximum atomic E-state index is 11.2. The van der Waals surface area contributed by atoms with Crippen LogP contribution in [0.3, 0.4) is 0 Å². The second-order valence-electron chi connectivity index (χ2n) is 2.74. The van der Waals surface area contributed by atoms with Gasteiger partial charge in [0, 0.05) is 24.5 Å². The molecule has 1 rings (SSSR count). The van der Waals surface area contributed by atoms with Crippen molar-refractivity contribution in [2.75, 3.05) is 0 Å². The summed E-state index contributed by atoms with van der Waals surface area (Å²) >= 11 is 0. The molecule has 0 aliphatic heterocycles. The molecule has 0 bridgehead atoms. The Hall–Kier alpha value is -1.91. The summed E-state index contributed by atoms with van der Waals surface area (Å²) in [6, 6.07) is 1.69. The number of nitrogens with zero attached hydrogens (tertiary/aromatic N) is 2. The highest BCUT2D eigenvalue weighted by Gasteiger charge is 1.94. The molecule has 0 radical (unpaired) electrons. The molecular weight excluding hydrogens is 184 g/mol. The maximum absolute atomic E-state index is 11.2. The number of hydrogen-bond acceptors (Lipinski definition) is 3. The highest BCUT2D eigenvalue weighted by Crippen LogP contribution is 1.87. The Kier molecular flexibility index (Phi) is 3.17. The van der Waals surface area contributed by atoms with Crippen LogP contribution in [0.5, 0.6) is 0 Å². The van der Waals surface area contributed by atoms with E-state index in [-0.39, 0.29) is 12.2 Å². The minimum atomic E-state index is -1.03. The predicted molar refractivity (Wildman–Crippen MR) is 50.0 cm³/mol. The summed E-state index contributed by atoms with van der Waals surface area (Å²) in [5.74, 6) is -1.03. The van der Waals surface area contributed by atoms with Crippen molar-refractivity contribution in [3.63, 3.8) is 0 Å². The highest BCUT2D eigenvalue weighted by molar-refractivity contribution is 5.79. The zero-order valence-electron chi connectivity index (χ0n) is 7.67. The van der Waals surface area contributed by atoms with Crippen molar-refractivity contribution in [3.8, 4) is 0 Å². The first-order valence-electron chi connectivity index (χ1n) is 4.03. The lowest BCUT2D eigenvalue weighted by molar-refractivity contribution is -0.131. The van der Waals surface area contributed by atoms with E-state index in [9.17, 15) is 9.59 Å². The highest BCUT2D eigenvalue weighted by atomic mass is 16.4. The zero-order valence-corrected chi connectivity index (χ0v) is 7.67. The number of allylic oxidation sites excluding steroid dienone is 1. The van der Waals surface area contributed by atoms with Crippen LogP contribution in [-0.4, -0.2) is 20.6 Å². The van der Waals surface area contributed by atoms with E-state index in [0.29, 0.717) is 5.69 Å². The number of aromatic nitrogens is 2. The van der Waals surface area contributed by atoms with E-state index < -0.39 is 5.97 Å². The van der Waals surface area contributed by atoms with Gasteiger partial charge < -0.3 is 5.11 Å². The molecule has 5 heteroatoms. The summed E-state index contributed by atoms with van der Waals surface area (Å²) in [5, 5.41) is 8.32. The Morgan fingerprint density at radius 3 is 3.00 bits per heavy atom. The molecule has 0 fully saturated rings. The number of carboxylic acids is 1. The molecule has 0 saturated heterocycles. The minimum Gasteiger partial charge on any atom is -0.478 e. The van der Waals surface area contributed by atoms with Crippen molar-refractivity contribution in [2.24, 2.45) is 0 Å². The van der Waals surface area contributed by atoms with Crippen LogP contribution in [0.2, 0.25) is 0 Å². The van der Waals surface area contributed by atoms with E-state index in [1.54, 1.807) is 19.2 Å². The molecule has 0 aliphatic carbocycles. The first-order valence-corrected chi connectivity index (χ1v) is 4.03. The van der Waals surface area contributed by atoms with Crippen LogP contribution in [0.25, 0.3) is 0 Å². The zero-order chi connectivity index (χ0) is 10.6. The van der Waals surface area contributed by atoms with Crippen molar-refractivity contribution in [1.82, 2.24) is 9.55 Å². The Balaban J connectivity index is 2.78. The van der Waals surface area contributed by atoms with Crippen molar-refractivity contribution in [2.45, 2.75) is 13.5 Å². The van der Waals surface area contributed by atoms with Crippen molar-refractivity contribution < 1.29 is 9.90 Å². The summed E-state index contributed by atoms with van der Waals surface area (Å²) in [7, 11) is 0. The second kappa shape index (κ2) is 4.36. The third-order valence-corrected chi connectivity index (χ3v) is 1.58. The lowest BCUT2D eigenvalue weighted by Gasteiger charge is -1.99. The van der Waals surface area contributed by atoms with Crippen molar-refractivity contribution in [3.05, 3.63) is 40.6 Å². The number of carboxylic acid groups (broad SMARTS) is 1. The number of hydrogen-bond donors (Lipinski definition) is 1. The molecule has 0 unspecified atom stereocenters. The standard InChI is InChI=1S/C9H10N2O3/c1-7-4-6-11(9(14)10-7)5-2-3-8(12)13/h2-4,6H,5H2,1H3,(H,12,13)/b3-2+. The van der Waals surface area contributed by atoms with E-state index in [1.807, 2.05) is 0 Å². The third kappa shape index (κ3) is 2.85. The third-order valence-electron chi connectivity index (χ3n) is 1.58. The average Bonchev–Trinajstić information content (AvgIpc) is 2.08. The van der Waals surface area contributed by atoms with Crippen molar-refractivity contribution >= 4 is 5.97 Å². The molecule has 1 aromatic rings. The molecule has 0 saturated carbocycles. The summed E-state index contributed by atoms with van der Waals surface area (Å²) in [4.78, 5) is 25.0. The largest absolute Gasteiger partial charge is 0.478 e. The molecule has 14 heavy (non-hydrogen) atoms. The fraction of sp³-hybridized carbons (Fsp3) is 0.222. The molecule has 1 aromatic heterocycles. The van der Waals surface area contributed by atoms with Gasteiger partial charge in [-0.25, -0.2) is 9.59 Å². The number of aryl methyl sites for hydroxylation is 1. The molecule has 0 aliphatic rings. The van der Waals surface area contributed by atoms with Crippen LogP contribution in [0.4, 0.5) is 0 Å². The quantitative estimate of drug-likeness (QED) is 0.697. The first kappa shape index (κ1) is 10.2. The molecule has 0 spiro atoms. The van der Waals surface area contributed by atoms with Crippen LogP contribution in [0, 0.1) is 6.92 Å². The number of aliphatic carboxylic acids is 1. The van der Waals surface area contributed by atoms with Gasteiger partial charge in [-0.15, -0.1) is 0 Å². The van der Waals surface area contributed by atoms with E-state index in [0.717, 1.165) is 6.08 Å². The van der Waals surface area contributed by atoms with Gasteiger partial charge in [0.15, 0.2) is 0 Å². The second-order valence-corrected chi connectivity index (χ2v) is 2.74. The Morgan fingerprint density at radius 1 is 1.71 bits per heavy atom. The Morgan fingerprint density at radius 2 is 2.43 bits per heavy atom.